The van der Waals surface area contributed by atoms with Crippen LogP contribution in [0.25, 0.3) is 10.2 Å². The van der Waals surface area contributed by atoms with Gasteiger partial charge in [-0.05, 0) is 24.3 Å². The van der Waals surface area contributed by atoms with Crippen molar-refractivity contribution in [2.75, 3.05) is 5.32 Å². The van der Waals surface area contributed by atoms with E-state index in [0.29, 0.717) is 5.69 Å². The van der Waals surface area contributed by atoms with Crippen molar-refractivity contribution in [3.8, 4) is 5.88 Å². The van der Waals surface area contributed by atoms with Crippen LogP contribution < -0.4 is 10.1 Å². The number of rotatable bonds is 4. The van der Waals surface area contributed by atoms with Gasteiger partial charge in [-0.25, -0.2) is 14.8 Å². The van der Waals surface area contributed by atoms with E-state index in [9.17, 15) is 4.79 Å². The molecule has 3 rings (SSSR count). The van der Waals surface area contributed by atoms with E-state index in [1.165, 1.54) is 11.3 Å². The minimum atomic E-state index is -1.16. The van der Waals surface area contributed by atoms with Gasteiger partial charge in [-0.15, -0.1) is 11.3 Å². The molecule has 2 aromatic heterocycles. The van der Waals surface area contributed by atoms with Gasteiger partial charge in [0, 0.05) is 6.20 Å². The number of thiazole rings is 1. The fourth-order valence-electron chi connectivity index (χ4n) is 1.83. The van der Waals surface area contributed by atoms with Crippen molar-refractivity contribution < 1.29 is 14.6 Å². The van der Waals surface area contributed by atoms with Gasteiger partial charge in [0.05, 0.1) is 10.2 Å². The monoisotopic (exact) mass is 301 g/mol. The molecule has 7 heteroatoms. The molecule has 0 bridgehead atoms. The third kappa shape index (κ3) is 3.09. The lowest BCUT2D eigenvalue weighted by Gasteiger charge is -2.08. The number of hydrogen-bond donors (Lipinski definition) is 2. The van der Waals surface area contributed by atoms with Crippen LogP contribution in [-0.2, 0) is 6.61 Å². The third-order valence-electron chi connectivity index (χ3n) is 2.68. The summed E-state index contributed by atoms with van der Waals surface area (Å²) in [6.07, 6.45) is 0.383. The average Bonchev–Trinajstić information content (AvgIpc) is 2.88. The number of ether oxygens (including phenoxy) is 1. The number of carboxylic acid groups (broad SMARTS) is 1. The standard InChI is InChI=1S/C14H11N3O3S/c18-14(19)17-10-5-3-7-15-13(10)20-8-12-16-9-4-1-2-6-11(9)21-12/h1-7,17H,8H2,(H,18,19). The molecule has 0 spiro atoms. The molecule has 0 aliphatic carbocycles. The molecule has 1 aromatic carbocycles. The second kappa shape index (κ2) is 5.76. The highest BCUT2D eigenvalue weighted by atomic mass is 32.1. The highest BCUT2D eigenvalue weighted by molar-refractivity contribution is 7.18. The summed E-state index contributed by atoms with van der Waals surface area (Å²) < 4.78 is 6.65. The lowest BCUT2D eigenvalue weighted by molar-refractivity contribution is 0.209. The van der Waals surface area contributed by atoms with Crippen molar-refractivity contribution in [2.24, 2.45) is 0 Å². The van der Waals surface area contributed by atoms with Gasteiger partial charge in [0.2, 0.25) is 5.88 Å². The first-order chi connectivity index (χ1) is 10.2. The quantitative estimate of drug-likeness (QED) is 0.772. The summed E-state index contributed by atoms with van der Waals surface area (Å²) in [5, 5.41) is 11.8. The zero-order valence-corrected chi connectivity index (χ0v) is 11.6. The SMILES string of the molecule is O=C(O)Nc1cccnc1OCc1nc2ccccc2s1. The molecular formula is C14H11N3O3S. The van der Waals surface area contributed by atoms with Crippen LogP contribution in [0.3, 0.4) is 0 Å². The van der Waals surface area contributed by atoms with E-state index in [-0.39, 0.29) is 12.5 Å². The summed E-state index contributed by atoms with van der Waals surface area (Å²) >= 11 is 1.54. The van der Waals surface area contributed by atoms with Gasteiger partial charge >= 0.3 is 6.09 Å². The molecule has 0 aliphatic rings. The van der Waals surface area contributed by atoms with E-state index < -0.39 is 6.09 Å². The van der Waals surface area contributed by atoms with Crippen molar-refractivity contribution >= 4 is 33.3 Å². The van der Waals surface area contributed by atoms with Gasteiger partial charge in [0.15, 0.2) is 0 Å². The number of para-hydroxylation sites is 1. The van der Waals surface area contributed by atoms with Crippen LogP contribution in [0.1, 0.15) is 5.01 Å². The van der Waals surface area contributed by atoms with E-state index in [1.807, 2.05) is 24.3 Å². The summed E-state index contributed by atoms with van der Waals surface area (Å²) in [7, 11) is 0. The molecule has 6 nitrogen and oxygen atoms in total. The lowest BCUT2D eigenvalue weighted by atomic mass is 10.3. The maximum absolute atomic E-state index is 10.7. The second-order valence-electron chi connectivity index (χ2n) is 4.15. The molecule has 1 amide bonds. The molecule has 0 saturated heterocycles. The highest BCUT2D eigenvalue weighted by Gasteiger charge is 2.09. The Hall–Kier alpha value is -2.67. The zero-order valence-electron chi connectivity index (χ0n) is 10.8. The van der Waals surface area contributed by atoms with Crippen LogP contribution in [0.4, 0.5) is 10.5 Å². The van der Waals surface area contributed by atoms with Gasteiger partial charge in [-0.1, -0.05) is 12.1 Å². The van der Waals surface area contributed by atoms with Crippen LogP contribution in [0.5, 0.6) is 5.88 Å². The number of benzene rings is 1. The first-order valence-electron chi connectivity index (χ1n) is 6.14. The number of aromatic nitrogens is 2. The Balaban J connectivity index is 1.76. The van der Waals surface area contributed by atoms with Gasteiger partial charge in [0.1, 0.15) is 17.3 Å². The summed E-state index contributed by atoms with van der Waals surface area (Å²) in [6.45, 7) is 0.241. The Kier molecular flexibility index (Phi) is 3.65. The van der Waals surface area contributed by atoms with Crippen LogP contribution in [0, 0.1) is 0 Å². The van der Waals surface area contributed by atoms with E-state index in [1.54, 1.807) is 18.3 Å². The van der Waals surface area contributed by atoms with Crippen LogP contribution in [0.15, 0.2) is 42.6 Å². The number of hydrogen-bond acceptors (Lipinski definition) is 5. The van der Waals surface area contributed by atoms with E-state index in [0.717, 1.165) is 15.2 Å². The lowest BCUT2D eigenvalue weighted by Crippen LogP contribution is -2.09. The van der Waals surface area contributed by atoms with E-state index in [4.69, 9.17) is 9.84 Å². The number of anilines is 1. The normalized spacial score (nSPS) is 10.5. The predicted octanol–water partition coefficient (Wildman–Crippen LogP) is 3.36. The van der Waals surface area contributed by atoms with Crippen molar-refractivity contribution in [3.05, 3.63) is 47.6 Å². The summed E-state index contributed by atoms with van der Waals surface area (Å²) in [4.78, 5) is 19.2. The van der Waals surface area contributed by atoms with Gasteiger partial charge in [-0.2, -0.15) is 0 Å². The van der Waals surface area contributed by atoms with Gasteiger partial charge in [-0.3, -0.25) is 5.32 Å². The first-order valence-corrected chi connectivity index (χ1v) is 6.96. The molecule has 0 radical (unpaired) electrons. The summed E-state index contributed by atoms with van der Waals surface area (Å²) in [5.74, 6) is 0.235. The maximum atomic E-state index is 10.7. The summed E-state index contributed by atoms with van der Waals surface area (Å²) in [6, 6.07) is 11.0. The van der Waals surface area contributed by atoms with Gasteiger partial charge in [0.25, 0.3) is 0 Å². The Morgan fingerprint density at radius 1 is 1.29 bits per heavy atom. The predicted molar refractivity (Wildman–Crippen MR) is 79.8 cm³/mol. The number of amides is 1. The highest BCUT2D eigenvalue weighted by Crippen LogP contribution is 2.25. The minimum Gasteiger partial charge on any atom is -0.469 e. The Labute approximate surface area is 124 Å². The Morgan fingerprint density at radius 3 is 2.95 bits per heavy atom. The zero-order chi connectivity index (χ0) is 14.7. The van der Waals surface area contributed by atoms with Crippen LogP contribution in [0.2, 0.25) is 0 Å². The first kappa shape index (κ1) is 13.3. The molecule has 21 heavy (non-hydrogen) atoms. The Morgan fingerprint density at radius 2 is 2.14 bits per heavy atom. The van der Waals surface area contributed by atoms with Gasteiger partial charge < -0.3 is 9.84 Å². The molecule has 2 heterocycles. The molecule has 0 aliphatic heterocycles. The fourth-order valence-corrected chi connectivity index (χ4v) is 2.71. The fraction of sp³-hybridized carbons (Fsp3) is 0.0714. The van der Waals surface area contributed by atoms with Crippen molar-refractivity contribution in [3.63, 3.8) is 0 Å². The van der Waals surface area contributed by atoms with Crippen molar-refractivity contribution in [1.29, 1.82) is 0 Å². The number of pyridine rings is 1. The third-order valence-corrected chi connectivity index (χ3v) is 3.69. The second-order valence-corrected chi connectivity index (χ2v) is 5.27. The summed E-state index contributed by atoms with van der Waals surface area (Å²) in [5.41, 5.74) is 1.23. The van der Waals surface area contributed by atoms with E-state index in [2.05, 4.69) is 15.3 Å². The molecule has 0 saturated carbocycles. The molecule has 3 aromatic rings. The molecule has 2 N–H and O–H groups in total. The average molecular weight is 301 g/mol. The molecule has 106 valence electrons. The van der Waals surface area contributed by atoms with Crippen LogP contribution >= 0.6 is 11.3 Å². The molecular weight excluding hydrogens is 290 g/mol. The maximum Gasteiger partial charge on any atom is 0.409 e. The Bertz CT molecular complexity index is 755. The molecule has 0 atom stereocenters. The smallest absolute Gasteiger partial charge is 0.409 e. The van der Waals surface area contributed by atoms with Crippen molar-refractivity contribution in [2.45, 2.75) is 6.61 Å². The van der Waals surface area contributed by atoms with Crippen molar-refractivity contribution in [1.82, 2.24) is 9.97 Å². The van der Waals surface area contributed by atoms with Crippen LogP contribution in [-0.4, -0.2) is 21.2 Å². The number of fused-ring (bicyclic) bond motifs is 1. The topological polar surface area (TPSA) is 84.3 Å². The van der Waals surface area contributed by atoms with E-state index >= 15 is 0 Å². The number of nitrogens with one attached hydrogen (secondary N) is 1. The minimum absolute atomic E-state index is 0.235. The molecule has 0 fully saturated rings. The number of nitrogens with zero attached hydrogens (tertiary/aromatic N) is 2. The molecule has 0 unspecified atom stereocenters. The largest absolute Gasteiger partial charge is 0.469 e. The number of carbonyl (C=O) groups is 1.